The summed E-state index contributed by atoms with van der Waals surface area (Å²) in [4.78, 5) is 16.2. The first-order valence-corrected chi connectivity index (χ1v) is 7.82. The standard InChI is InChI=1S/C17H13FN2O2S/c18-15-3-1-2-4-16(15)20-17(21)12-5-7-14(8-6-12)22-9-13-10-23-11-19-13/h1-8,10-11H,9H2,(H,20,21). The monoisotopic (exact) mass is 328 g/mol. The van der Waals surface area contributed by atoms with Crippen LogP contribution in [0.2, 0.25) is 0 Å². The van der Waals surface area contributed by atoms with Gasteiger partial charge in [-0.3, -0.25) is 4.79 Å². The number of rotatable bonds is 5. The van der Waals surface area contributed by atoms with E-state index < -0.39 is 5.82 Å². The molecule has 3 rings (SSSR count). The van der Waals surface area contributed by atoms with Gasteiger partial charge in [-0.2, -0.15) is 0 Å². The molecule has 0 saturated heterocycles. The molecule has 1 amide bonds. The summed E-state index contributed by atoms with van der Waals surface area (Å²) in [7, 11) is 0. The predicted molar refractivity (Wildman–Crippen MR) is 87.2 cm³/mol. The number of carbonyl (C=O) groups excluding carboxylic acids is 1. The van der Waals surface area contributed by atoms with E-state index in [1.165, 1.54) is 23.5 Å². The van der Waals surface area contributed by atoms with E-state index in [0.717, 1.165) is 5.69 Å². The van der Waals surface area contributed by atoms with Gasteiger partial charge in [0, 0.05) is 10.9 Å². The highest BCUT2D eigenvalue weighted by Gasteiger charge is 2.09. The molecule has 0 spiro atoms. The Hall–Kier alpha value is -2.73. The summed E-state index contributed by atoms with van der Waals surface area (Å²) in [6, 6.07) is 12.7. The molecule has 1 aromatic heterocycles. The number of nitrogens with zero attached hydrogens (tertiary/aromatic N) is 1. The summed E-state index contributed by atoms with van der Waals surface area (Å²) >= 11 is 1.51. The first-order valence-electron chi connectivity index (χ1n) is 6.88. The molecule has 4 nitrogen and oxygen atoms in total. The molecule has 1 N–H and O–H groups in total. The molecule has 3 aromatic rings. The number of amides is 1. The molecule has 23 heavy (non-hydrogen) atoms. The van der Waals surface area contributed by atoms with Crippen LogP contribution in [0.3, 0.4) is 0 Å². The molecule has 0 fully saturated rings. The summed E-state index contributed by atoms with van der Waals surface area (Å²) in [6.07, 6.45) is 0. The highest BCUT2D eigenvalue weighted by Crippen LogP contribution is 2.17. The quantitative estimate of drug-likeness (QED) is 0.767. The number of benzene rings is 2. The molecule has 0 aliphatic heterocycles. The number of anilines is 1. The lowest BCUT2D eigenvalue weighted by molar-refractivity contribution is 0.102. The summed E-state index contributed by atoms with van der Waals surface area (Å²) in [6.45, 7) is 0.379. The number of para-hydroxylation sites is 1. The Labute approximate surface area is 136 Å². The Morgan fingerprint density at radius 3 is 2.65 bits per heavy atom. The van der Waals surface area contributed by atoms with Crippen molar-refractivity contribution in [3.05, 3.63) is 76.5 Å². The number of halogens is 1. The molecular formula is C17H13FN2O2S. The third-order valence-corrected chi connectivity index (χ3v) is 3.74. The van der Waals surface area contributed by atoms with Crippen molar-refractivity contribution >= 4 is 22.9 Å². The van der Waals surface area contributed by atoms with Crippen molar-refractivity contribution < 1.29 is 13.9 Å². The molecule has 0 bridgehead atoms. The zero-order valence-corrected chi connectivity index (χ0v) is 12.8. The molecule has 0 aliphatic carbocycles. The van der Waals surface area contributed by atoms with Crippen molar-refractivity contribution in [1.82, 2.24) is 4.98 Å². The number of hydrogen-bond acceptors (Lipinski definition) is 4. The minimum absolute atomic E-state index is 0.154. The molecular weight excluding hydrogens is 315 g/mol. The lowest BCUT2D eigenvalue weighted by Gasteiger charge is -2.08. The molecule has 0 radical (unpaired) electrons. The fraction of sp³-hybridized carbons (Fsp3) is 0.0588. The number of aromatic nitrogens is 1. The maximum Gasteiger partial charge on any atom is 0.255 e. The lowest BCUT2D eigenvalue weighted by atomic mass is 10.2. The molecule has 2 aromatic carbocycles. The van der Waals surface area contributed by atoms with E-state index in [9.17, 15) is 9.18 Å². The first-order chi connectivity index (χ1) is 11.2. The van der Waals surface area contributed by atoms with Crippen LogP contribution in [0.15, 0.2) is 59.4 Å². The number of carbonyl (C=O) groups is 1. The zero-order valence-electron chi connectivity index (χ0n) is 12.0. The number of thiazole rings is 1. The minimum atomic E-state index is -0.468. The molecule has 0 saturated carbocycles. The van der Waals surface area contributed by atoms with Crippen molar-refractivity contribution in [2.45, 2.75) is 6.61 Å². The molecule has 0 unspecified atom stereocenters. The van der Waals surface area contributed by atoms with Gasteiger partial charge in [0.1, 0.15) is 18.2 Å². The second kappa shape index (κ2) is 7.02. The fourth-order valence-corrected chi connectivity index (χ4v) is 2.47. The second-order valence-corrected chi connectivity index (χ2v) is 5.45. The van der Waals surface area contributed by atoms with E-state index in [0.29, 0.717) is 17.9 Å². The van der Waals surface area contributed by atoms with Crippen molar-refractivity contribution in [3.63, 3.8) is 0 Å². The van der Waals surface area contributed by atoms with E-state index in [4.69, 9.17) is 4.74 Å². The Kier molecular flexibility index (Phi) is 4.63. The highest BCUT2D eigenvalue weighted by atomic mass is 32.1. The first kappa shape index (κ1) is 15.2. The van der Waals surface area contributed by atoms with Crippen LogP contribution < -0.4 is 10.1 Å². The molecule has 116 valence electrons. The number of hydrogen-bond donors (Lipinski definition) is 1. The van der Waals surface area contributed by atoms with E-state index in [1.807, 2.05) is 5.38 Å². The molecule has 0 aliphatic rings. The van der Waals surface area contributed by atoms with Gasteiger partial charge in [-0.25, -0.2) is 9.37 Å². The number of nitrogens with one attached hydrogen (secondary N) is 1. The lowest BCUT2D eigenvalue weighted by Crippen LogP contribution is -2.12. The van der Waals surface area contributed by atoms with Gasteiger partial charge in [-0.05, 0) is 36.4 Å². The van der Waals surface area contributed by atoms with Crippen LogP contribution in [-0.4, -0.2) is 10.9 Å². The fourth-order valence-electron chi connectivity index (χ4n) is 1.93. The van der Waals surface area contributed by atoms with E-state index >= 15 is 0 Å². The van der Waals surface area contributed by atoms with Crippen molar-refractivity contribution in [3.8, 4) is 5.75 Å². The van der Waals surface area contributed by atoms with Crippen LogP contribution >= 0.6 is 11.3 Å². The Morgan fingerprint density at radius 2 is 1.96 bits per heavy atom. The summed E-state index contributed by atoms with van der Waals surface area (Å²) in [5.74, 6) is -0.203. The van der Waals surface area contributed by atoms with Gasteiger partial charge in [0.2, 0.25) is 0 Å². The number of ether oxygens (including phenoxy) is 1. The molecule has 1 heterocycles. The van der Waals surface area contributed by atoms with Gasteiger partial charge in [-0.1, -0.05) is 12.1 Å². The van der Waals surface area contributed by atoms with Gasteiger partial charge in [-0.15, -0.1) is 11.3 Å². The van der Waals surface area contributed by atoms with E-state index in [-0.39, 0.29) is 11.6 Å². The van der Waals surface area contributed by atoms with Gasteiger partial charge in [0.05, 0.1) is 16.9 Å². The topological polar surface area (TPSA) is 51.2 Å². The summed E-state index contributed by atoms with van der Waals surface area (Å²) in [5, 5.41) is 4.45. The van der Waals surface area contributed by atoms with Crippen molar-refractivity contribution in [2.75, 3.05) is 5.32 Å². The average molecular weight is 328 g/mol. The largest absolute Gasteiger partial charge is 0.487 e. The van der Waals surface area contributed by atoms with Gasteiger partial charge in [0.25, 0.3) is 5.91 Å². The predicted octanol–water partition coefficient (Wildman–Crippen LogP) is 4.11. The van der Waals surface area contributed by atoms with Gasteiger partial charge >= 0.3 is 0 Å². The molecule has 6 heteroatoms. The summed E-state index contributed by atoms with van der Waals surface area (Å²) in [5.41, 5.74) is 3.18. The third-order valence-electron chi connectivity index (χ3n) is 3.11. The Balaban J connectivity index is 1.62. The minimum Gasteiger partial charge on any atom is -0.487 e. The highest BCUT2D eigenvalue weighted by molar-refractivity contribution is 7.07. The maximum absolute atomic E-state index is 13.5. The van der Waals surface area contributed by atoms with Gasteiger partial charge in [0.15, 0.2) is 0 Å². The van der Waals surface area contributed by atoms with Crippen LogP contribution in [-0.2, 0) is 6.61 Å². The van der Waals surface area contributed by atoms with Crippen LogP contribution in [0.5, 0.6) is 5.75 Å². The smallest absolute Gasteiger partial charge is 0.255 e. The summed E-state index contributed by atoms with van der Waals surface area (Å²) < 4.78 is 19.1. The molecule has 0 atom stereocenters. The van der Waals surface area contributed by atoms with Gasteiger partial charge < -0.3 is 10.1 Å². The Bertz CT molecular complexity index is 789. The maximum atomic E-state index is 13.5. The van der Waals surface area contributed by atoms with Crippen LogP contribution in [0.25, 0.3) is 0 Å². The van der Waals surface area contributed by atoms with Crippen molar-refractivity contribution in [2.24, 2.45) is 0 Å². The third kappa shape index (κ3) is 3.92. The van der Waals surface area contributed by atoms with E-state index in [2.05, 4.69) is 10.3 Å². The van der Waals surface area contributed by atoms with Crippen LogP contribution in [0.4, 0.5) is 10.1 Å². The van der Waals surface area contributed by atoms with E-state index in [1.54, 1.807) is 41.9 Å². The van der Waals surface area contributed by atoms with Crippen molar-refractivity contribution in [1.29, 1.82) is 0 Å². The SMILES string of the molecule is O=C(Nc1ccccc1F)c1ccc(OCc2cscn2)cc1. The normalized spacial score (nSPS) is 10.3. The average Bonchev–Trinajstić information content (AvgIpc) is 3.09. The Morgan fingerprint density at radius 1 is 1.17 bits per heavy atom. The second-order valence-electron chi connectivity index (χ2n) is 4.73. The zero-order chi connectivity index (χ0) is 16.1. The van der Waals surface area contributed by atoms with Crippen LogP contribution in [0, 0.1) is 5.82 Å². The van der Waals surface area contributed by atoms with Crippen LogP contribution in [0.1, 0.15) is 16.1 Å².